The van der Waals surface area contributed by atoms with E-state index in [4.69, 9.17) is 4.55 Å². The number of phenolic OH excluding ortho intramolecular Hbond substituents is 1. The van der Waals surface area contributed by atoms with E-state index < -0.39 is 20.0 Å². The van der Waals surface area contributed by atoms with Gasteiger partial charge in [0.25, 0.3) is 21.5 Å². The normalized spacial score (nSPS) is 10.7. The van der Waals surface area contributed by atoms with Crippen LogP contribution in [0.1, 0.15) is 0 Å². The van der Waals surface area contributed by atoms with Crippen LogP contribution >= 0.6 is 0 Å². The molecule has 0 radical (unpaired) electrons. The van der Waals surface area contributed by atoms with Crippen LogP contribution in [0.4, 0.5) is 11.4 Å². The molecule has 0 aliphatic rings. The molecular formula is C16H12N2O8S. The Bertz CT molecular complexity index is 1100. The minimum atomic E-state index is -4.22. The molecule has 0 amide bonds. The highest BCUT2D eigenvalue weighted by atomic mass is 32.2. The zero-order valence-electron chi connectivity index (χ0n) is 13.4. The Morgan fingerprint density at radius 1 is 0.815 bits per heavy atom. The molecule has 3 aromatic carbocycles. The number of aromatic hydroxyl groups is 1. The summed E-state index contributed by atoms with van der Waals surface area (Å²) in [5.41, 5.74) is -0.548. The molecule has 10 nitrogen and oxygen atoms in total. The first-order valence-corrected chi connectivity index (χ1v) is 8.61. The third-order valence-electron chi connectivity index (χ3n) is 3.38. The van der Waals surface area contributed by atoms with Crippen LogP contribution in [0.3, 0.4) is 0 Å². The highest BCUT2D eigenvalue weighted by molar-refractivity contribution is 7.85. The second-order valence-electron chi connectivity index (χ2n) is 5.17. The highest BCUT2D eigenvalue weighted by Crippen LogP contribution is 2.26. The number of rotatable bonds is 3. The van der Waals surface area contributed by atoms with Gasteiger partial charge in [-0.3, -0.25) is 24.8 Å². The summed E-state index contributed by atoms with van der Waals surface area (Å²) in [6.45, 7) is 0. The van der Waals surface area contributed by atoms with E-state index in [0.717, 1.165) is 6.07 Å². The monoisotopic (exact) mass is 392 g/mol. The molecule has 0 aromatic heterocycles. The largest absolute Gasteiger partial charge is 0.507 e. The zero-order valence-corrected chi connectivity index (χ0v) is 14.2. The van der Waals surface area contributed by atoms with Crippen LogP contribution in [0, 0.1) is 20.2 Å². The van der Waals surface area contributed by atoms with E-state index in [1.54, 1.807) is 12.1 Å². The predicted octanol–water partition coefficient (Wildman–Crippen LogP) is 3.30. The summed E-state index contributed by atoms with van der Waals surface area (Å²) in [5, 5.41) is 30.9. The molecule has 0 saturated heterocycles. The summed E-state index contributed by atoms with van der Waals surface area (Å²) in [6, 6.07) is 13.5. The number of phenols is 1. The smallest absolute Gasteiger partial charge is 0.294 e. The van der Waals surface area contributed by atoms with Gasteiger partial charge in [0.05, 0.1) is 20.8 Å². The lowest BCUT2D eigenvalue weighted by Gasteiger charge is -2.02. The number of fused-ring (bicyclic) bond motifs is 1. The van der Waals surface area contributed by atoms with Crippen LogP contribution in [-0.4, -0.2) is 27.9 Å². The summed E-state index contributed by atoms with van der Waals surface area (Å²) >= 11 is 0. The van der Waals surface area contributed by atoms with Crippen LogP contribution in [0.15, 0.2) is 65.6 Å². The molecule has 27 heavy (non-hydrogen) atoms. The molecule has 0 bridgehead atoms. The Morgan fingerprint density at radius 2 is 1.37 bits per heavy atom. The minimum Gasteiger partial charge on any atom is -0.507 e. The van der Waals surface area contributed by atoms with E-state index in [1.165, 1.54) is 42.5 Å². The second kappa shape index (κ2) is 7.76. The molecule has 2 N–H and O–H groups in total. The average Bonchev–Trinajstić information content (AvgIpc) is 2.61. The fourth-order valence-corrected chi connectivity index (χ4v) is 2.62. The average molecular weight is 392 g/mol. The molecule has 0 aliphatic heterocycles. The summed E-state index contributed by atoms with van der Waals surface area (Å²) in [5.74, 6) is -0.0157. The summed E-state index contributed by atoms with van der Waals surface area (Å²) in [6.07, 6.45) is 0. The Hall–Kier alpha value is -3.57. The number of hydrogen-bond acceptors (Lipinski definition) is 7. The molecular weight excluding hydrogens is 380 g/mol. The highest BCUT2D eigenvalue weighted by Gasteiger charge is 2.12. The van der Waals surface area contributed by atoms with E-state index >= 15 is 0 Å². The molecule has 3 aromatic rings. The molecule has 11 heteroatoms. The molecule has 0 heterocycles. The number of benzene rings is 3. The summed E-state index contributed by atoms with van der Waals surface area (Å²) in [4.78, 5) is 18.7. The number of hydrogen-bond donors (Lipinski definition) is 2. The fourth-order valence-electron chi connectivity index (χ4n) is 2.12. The fraction of sp³-hybridized carbons (Fsp3) is 0. The van der Waals surface area contributed by atoms with Crippen LogP contribution in [0.25, 0.3) is 10.8 Å². The van der Waals surface area contributed by atoms with Crippen molar-refractivity contribution in [3.63, 3.8) is 0 Å². The van der Waals surface area contributed by atoms with Gasteiger partial charge in [-0.25, -0.2) is 0 Å². The standard InChI is InChI=1S/C10H8O4S.C6H4N2O4/c11-10-3-1-2-7-4-5-8(6-9(7)10)15(12,13)14;9-7(10)5-2-1-3-6(4-5)8(11)12/h1-6,11H,(H,12,13,14);1-4H. The minimum absolute atomic E-state index is 0.0157. The molecule has 0 atom stereocenters. The van der Waals surface area contributed by atoms with Crippen LogP contribution < -0.4 is 0 Å². The van der Waals surface area contributed by atoms with Crippen LogP contribution in [0.2, 0.25) is 0 Å². The maximum absolute atomic E-state index is 10.9. The number of nitrogens with zero attached hydrogens (tertiary/aromatic N) is 2. The predicted molar refractivity (Wildman–Crippen MR) is 95.2 cm³/mol. The lowest BCUT2D eigenvalue weighted by Crippen LogP contribution is -1.97. The third kappa shape index (κ3) is 4.96. The summed E-state index contributed by atoms with van der Waals surface area (Å²) in [7, 11) is -4.22. The lowest BCUT2D eigenvalue weighted by molar-refractivity contribution is -0.394. The SMILES string of the molecule is O=S(=O)(O)c1ccc2cccc(O)c2c1.O=[N+]([O-])c1cccc([N+](=O)[O-])c1. The van der Waals surface area contributed by atoms with E-state index in [0.29, 0.717) is 10.8 Å². The van der Waals surface area contributed by atoms with Crippen molar-refractivity contribution < 1.29 is 27.9 Å². The molecule has 3 rings (SSSR count). The second-order valence-corrected chi connectivity index (χ2v) is 6.59. The third-order valence-corrected chi connectivity index (χ3v) is 4.23. The van der Waals surface area contributed by atoms with Crippen molar-refractivity contribution in [2.75, 3.05) is 0 Å². The quantitative estimate of drug-likeness (QED) is 0.390. The van der Waals surface area contributed by atoms with E-state index in [1.807, 2.05) is 0 Å². The Balaban J connectivity index is 0.000000199. The van der Waals surface area contributed by atoms with Crippen molar-refractivity contribution >= 4 is 32.3 Å². The Morgan fingerprint density at radius 3 is 1.89 bits per heavy atom. The first-order valence-electron chi connectivity index (χ1n) is 7.17. The van der Waals surface area contributed by atoms with Gasteiger partial charge in [0.15, 0.2) is 0 Å². The first kappa shape index (κ1) is 19.8. The van der Waals surface area contributed by atoms with Crippen molar-refractivity contribution in [3.05, 3.63) is 80.9 Å². The molecule has 0 fully saturated rings. The van der Waals surface area contributed by atoms with Crippen LogP contribution in [0.5, 0.6) is 5.75 Å². The Kier molecular flexibility index (Phi) is 5.68. The van der Waals surface area contributed by atoms with Gasteiger partial charge in [-0.05, 0) is 29.7 Å². The van der Waals surface area contributed by atoms with E-state index in [2.05, 4.69) is 0 Å². The molecule has 0 saturated carbocycles. The van der Waals surface area contributed by atoms with Gasteiger partial charge in [0.2, 0.25) is 0 Å². The van der Waals surface area contributed by atoms with Gasteiger partial charge in [-0.2, -0.15) is 8.42 Å². The van der Waals surface area contributed by atoms with Crippen molar-refractivity contribution in [2.45, 2.75) is 4.90 Å². The van der Waals surface area contributed by atoms with Gasteiger partial charge in [-0.1, -0.05) is 18.2 Å². The van der Waals surface area contributed by atoms with E-state index in [-0.39, 0.29) is 22.0 Å². The van der Waals surface area contributed by atoms with Crippen molar-refractivity contribution in [1.82, 2.24) is 0 Å². The number of nitro benzene ring substituents is 2. The molecule has 0 aliphatic carbocycles. The van der Waals surface area contributed by atoms with Gasteiger partial charge in [0.1, 0.15) is 5.75 Å². The molecule has 0 spiro atoms. The summed E-state index contributed by atoms with van der Waals surface area (Å²) < 4.78 is 30.6. The van der Waals surface area contributed by atoms with E-state index in [9.17, 15) is 33.8 Å². The Labute approximate surface area is 152 Å². The maximum atomic E-state index is 10.9. The molecule has 140 valence electrons. The van der Waals surface area contributed by atoms with Crippen molar-refractivity contribution in [3.8, 4) is 5.75 Å². The first-order chi connectivity index (χ1) is 12.6. The van der Waals surface area contributed by atoms with Crippen molar-refractivity contribution in [1.29, 1.82) is 0 Å². The number of nitro groups is 2. The van der Waals surface area contributed by atoms with Gasteiger partial charge in [0, 0.05) is 17.5 Å². The maximum Gasteiger partial charge on any atom is 0.294 e. The van der Waals surface area contributed by atoms with Gasteiger partial charge >= 0.3 is 0 Å². The lowest BCUT2D eigenvalue weighted by atomic mass is 10.1. The number of non-ortho nitro benzene ring substituents is 2. The zero-order chi connectivity index (χ0) is 20.2. The van der Waals surface area contributed by atoms with Crippen molar-refractivity contribution in [2.24, 2.45) is 0 Å². The molecule has 0 unspecified atom stereocenters. The van der Waals surface area contributed by atoms with Gasteiger partial charge < -0.3 is 5.11 Å². The topological polar surface area (TPSA) is 161 Å². The van der Waals surface area contributed by atoms with Gasteiger partial charge in [-0.15, -0.1) is 0 Å². The van der Waals surface area contributed by atoms with Crippen LogP contribution in [-0.2, 0) is 10.1 Å².